The highest BCUT2D eigenvalue weighted by molar-refractivity contribution is 6.30. The Morgan fingerprint density at radius 1 is 1.52 bits per heavy atom. The van der Waals surface area contributed by atoms with Crippen molar-refractivity contribution in [3.63, 3.8) is 0 Å². The molecule has 1 aliphatic heterocycles. The van der Waals surface area contributed by atoms with Crippen LogP contribution in [0.5, 0.6) is 5.75 Å². The van der Waals surface area contributed by atoms with Crippen molar-refractivity contribution in [1.82, 2.24) is 10.2 Å². The number of likely N-dealkylation sites (tertiary alicyclic amines) is 1. The Balaban J connectivity index is 1.96. The van der Waals surface area contributed by atoms with Crippen molar-refractivity contribution >= 4 is 23.4 Å². The lowest BCUT2D eigenvalue weighted by atomic mass is 10.1. The van der Waals surface area contributed by atoms with Crippen LogP contribution in [0, 0.1) is 5.92 Å². The van der Waals surface area contributed by atoms with Gasteiger partial charge < -0.3 is 15.0 Å². The molecular weight excluding hydrogens is 292 g/mol. The number of carbonyl (C=O) groups is 2. The molecular formula is C15H19ClN2O3. The summed E-state index contributed by atoms with van der Waals surface area (Å²) in [7, 11) is 1.71. The van der Waals surface area contributed by atoms with E-state index in [4.69, 9.17) is 16.3 Å². The predicted octanol–water partition coefficient (Wildman–Crippen LogP) is 1.83. The summed E-state index contributed by atoms with van der Waals surface area (Å²) in [6.45, 7) is 3.26. The summed E-state index contributed by atoms with van der Waals surface area (Å²) in [5.74, 6) is 0.303. The molecule has 1 fully saturated rings. The SMILES string of the molecule is CCOc1cc(Cl)ccc1CNC(=O)[C@@H]1CC(=O)N(C)C1. The first-order valence-electron chi connectivity index (χ1n) is 6.94. The van der Waals surface area contributed by atoms with Crippen molar-refractivity contribution < 1.29 is 14.3 Å². The number of benzene rings is 1. The smallest absolute Gasteiger partial charge is 0.225 e. The largest absolute Gasteiger partial charge is 0.493 e. The molecule has 1 aromatic carbocycles. The Bertz CT molecular complexity index is 548. The number of hydrogen-bond donors (Lipinski definition) is 1. The van der Waals surface area contributed by atoms with Gasteiger partial charge in [0.25, 0.3) is 0 Å². The van der Waals surface area contributed by atoms with Gasteiger partial charge in [-0.05, 0) is 19.1 Å². The molecule has 0 aromatic heterocycles. The van der Waals surface area contributed by atoms with E-state index in [1.54, 1.807) is 24.1 Å². The van der Waals surface area contributed by atoms with Crippen LogP contribution < -0.4 is 10.1 Å². The Kier molecular flexibility index (Phi) is 5.07. The molecule has 0 bridgehead atoms. The molecule has 1 N–H and O–H groups in total. The summed E-state index contributed by atoms with van der Waals surface area (Å²) in [6.07, 6.45) is 0.279. The lowest BCUT2D eigenvalue weighted by Gasteiger charge is -2.14. The van der Waals surface area contributed by atoms with E-state index in [0.29, 0.717) is 30.5 Å². The van der Waals surface area contributed by atoms with Crippen LogP contribution in [-0.2, 0) is 16.1 Å². The molecule has 1 aromatic rings. The van der Waals surface area contributed by atoms with E-state index >= 15 is 0 Å². The van der Waals surface area contributed by atoms with E-state index in [0.717, 1.165) is 5.56 Å². The normalized spacial score (nSPS) is 18.0. The molecule has 0 aliphatic carbocycles. The van der Waals surface area contributed by atoms with Gasteiger partial charge in [0.2, 0.25) is 11.8 Å². The number of halogens is 1. The van der Waals surface area contributed by atoms with Gasteiger partial charge in [0.15, 0.2) is 0 Å². The number of nitrogens with one attached hydrogen (secondary N) is 1. The summed E-state index contributed by atoms with van der Waals surface area (Å²) >= 11 is 5.94. The molecule has 0 radical (unpaired) electrons. The summed E-state index contributed by atoms with van der Waals surface area (Å²) in [4.78, 5) is 25.1. The zero-order chi connectivity index (χ0) is 15.4. The number of amides is 2. The molecule has 6 heteroatoms. The Labute approximate surface area is 129 Å². The number of carbonyl (C=O) groups excluding carboxylic acids is 2. The number of hydrogen-bond acceptors (Lipinski definition) is 3. The van der Waals surface area contributed by atoms with Crippen LogP contribution in [0.4, 0.5) is 0 Å². The molecule has 114 valence electrons. The van der Waals surface area contributed by atoms with Gasteiger partial charge >= 0.3 is 0 Å². The van der Waals surface area contributed by atoms with Crippen molar-refractivity contribution in [2.75, 3.05) is 20.2 Å². The fourth-order valence-corrected chi connectivity index (χ4v) is 2.49. The molecule has 1 atom stereocenters. The molecule has 0 saturated carbocycles. The Morgan fingerprint density at radius 3 is 2.90 bits per heavy atom. The van der Waals surface area contributed by atoms with Crippen LogP contribution >= 0.6 is 11.6 Å². The standard InChI is InChI=1S/C15H19ClN2O3/c1-3-21-13-7-12(16)5-4-10(13)8-17-15(20)11-6-14(19)18(2)9-11/h4-5,7,11H,3,6,8-9H2,1-2H3,(H,17,20)/t11-/m1/s1. The summed E-state index contributed by atoms with van der Waals surface area (Å²) in [5, 5.41) is 3.45. The maximum atomic E-state index is 12.1. The maximum Gasteiger partial charge on any atom is 0.225 e. The molecule has 1 heterocycles. The second-order valence-electron chi connectivity index (χ2n) is 5.08. The summed E-state index contributed by atoms with van der Waals surface area (Å²) in [6, 6.07) is 5.33. The number of ether oxygens (including phenoxy) is 1. The predicted molar refractivity (Wildman–Crippen MR) is 80.2 cm³/mol. The third-order valence-corrected chi connectivity index (χ3v) is 3.73. The zero-order valence-electron chi connectivity index (χ0n) is 12.2. The highest BCUT2D eigenvalue weighted by Crippen LogP contribution is 2.24. The Hall–Kier alpha value is -1.75. The zero-order valence-corrected chi connectivity index (χ0v) is 12.9. The van der Waals surface area contributed by atoms with Crippen molar-refractivity contribution in [2.45, 2.75) is 19.9 Å². The molecule has 1 saturated heterocycles. The molecule has 0 spiro atoms. The quantitative estimate of drug-likeness (QED) is 0.902. The van der Waals surface area contributed by atoms with Gasteiger partial charge in [0.1, 0.15) is 5.75 Å². The summed E-state index contributed by atoms with van der Waals surface area (Å²) in [5.41, 5.74) is 0.868. The van der Waals surface area contributed by atoms with Gasteiger partial charge in [-0.15, -0.1) is 0 Å². The van der Waals surface area contributed by atoms with E-state index in [1.807, 2.05) is 13.0 Å². The molecule has 21 heavy (non-hydrogen) atoms. The maximum absolute atomic E-state index is 12.1. The molecule has 1 aliphatic rings. The molecule has 5 nitrogen and oxygen atoms in total. The van der Waals surface area contributed by atoms with Crippen LogP contribution in [0.15, 0.2) is 18.2 Å². The van der Waals surface area contributed by atoms with E-state index in [-0.39, 0.29) is 24.2 Å². The van der Waals surface area contributed by atoms with Gasteiger partial charge in [-0.25, -0.2) is 0 Å². The summed E-state index contributed by atoms with van der Waals surface area (Å²) < 4.78 is 5.51. The molecule has 0 unspecified atom stereocenters. The first kappa shape index (κ1) is 15.6. The fraction of sp³-hybridized carbons (Fsp3) is 0.467. The van der Waals surface area contributed by atoms with Gasteiger partial charge in [0.05, 0.1) is 12.5 Å². The van der Waals surface area contributed by atoms with Crippen LogP contribution in [-0.4, -0.2) is 36.9 Å². The van der Waals surface area contributed by atoms with Crippen LogP contribution in [0.3, 0.4) is 0 Å². The van der Waals surface area contributed by atoms with Crippen LogP contribution in [0.25, 0.3) is 0 Å². The minimum absolute atomic E-state index is 0.0108. The number of rotatable bonds is 5. The van der Waals surface area contributed by atoms with Gasteiger partial charge in [0, 0.05) is 37.1 Å². The molecule has 2 rings (SSSR count). The minimum atomic E-state index is -0.273. The first-order valence-corrected chi connectivity index (χ1v) is 7.32. The van der Waals surface area contributed by atoms with Gasteiger partial charge in [-0.2, -0.15) is 0 Å². The Morgan fingerprint density at radius 2 is 2.29 bits per heavy atom. The second kappa shape index (κ2) is 6.80. The van der Waals surface area contributed by atoms with Crippen molar-refractivity contribution in [3.8, 4) is 5.75 Å². The van der Waals surface area contributed by atoms with E-state index in [1.165, 1.54) is 0 Å². The van der Waals surface area contributed by atoms with Crippen LogP contribution in [0.2, 0.25) is 5.02 Å². The van der Waals surface area contributed by atoms with Gasteiger partial charge in [-0.3, -0.25) is 9.59 Å². The minimum Gasteiger partial charge on any atom is -0.493 e. The fourth-order valence-electron chi connectivity index (χ4n) is 2.33. The van der Waals surface area contributed by atoms with Gasteiger partial charge in [-0.1, -0.05) is 17.7 Å². The highest BCUT2D eigenvalue weighted by Gasteiger charge is 2.31. The number of nitrogens with zero attached hydrogens (tertiary/aromatic N) is 1. The third-order valence-electron chi connectivity index (χ3n) is 3.49. The van der Waals surface area contributed by atoms with Crippen molar-refractivity contribution in [1.29, 1.82) is 0 Å². The van der Waals surface area contributed by atoms with Crippen molar-refractivity contribution in [2.24, 2.45) is 5.92 Å². The van der Waals surface area contributed by atoms with E-state index in [9.17, 15) is 9.59 Å². The lowest BCUT2D eigenvalue weighted by molar-refractivity contribution is -0.128. The highest BCUT2D eigenvalue weighted by atomic mass is 35.5. The first-order chi connectivity index (χ1) is 10.0. The second-order valence-corrected chi connectivity index (χ2v) is 5.51. The van der Waals surface area contributed by atoms with Crippen molar-refractivity contribution in [3.05, 3.63) is 28.8 Å². The topological polar surface area (TPSA) is 58.6 Å². The average molecular weight is 311 g/mol. The monoisotopic (exact) mass is 310 g/mol. The lowest BCUT2D eigenvalue weighted by Crippen LogP contribution is -2.31. The van der Waals surface area contributed by atoms with E-state index in [2.05, 4.69) is 5.32 Å². The molecule has 2 amide bonds. The van der Waals surface area contributed by atoms with E-state index < -0.39 is 0 Å². The van der Waals surface area contributed by atoms with Crippen LogP contribution in [0.1, 0.15) is 18.9 Å². The third kappa shape index (κ3) is 3.88. The average Bonchev–Trinajstić information content (AvgIpc) is 2.78.